The van der Waals surface area contributed by atoms with Gasteiger partial charge in [0.25, 0.3) is 0 Å². The molecule has 0 bridgehead atoms. The summed E-state index contributed by atoms with van der Waals surface area (Å²) in [5.74, 6) is 0.799. The summed E-state index contributed by atoms with van der Waals surface area (Å²) in [7, 11) is 3.21. The highest BCUT2D eigenvalue weighted by Crippen LogP contribution is 2.30. The monoisotopic (exact) mass is 244 g/mol. The molecule has 0 spiro atoms. The minimum atomic E-state index is 0.358. The van der Waals surface area contributed by atoms with Crippen LogP contribution in [0.4, 0.5) is 0 Å². The Morgan fingerprint density at radius 1 is 1.11 bits per heavy atom. The van der Waals surface area contributed by atoms with Crippen molar-refractivity contribution in [2.75, 3.05) is 14.2 Å². The first kappa shape index (κ1) is 12.4. The quantitative estimate of drug-likeness (QED) is 0.829. The van der Waals surface area contributed by atoms with Crippen molar-refractivity contribution in [2.24, 2.45) is 0 Å². The van der Waals surface area contributed by atoms with Crippen molar-refractivity contribution in [1.29, 1.82) is 0 Å². The lowest BCUT2D eigenvalue weighted by molar-refractivity contribution is 0.380. The van der Waals surface area contributed by atoms with Gasteiger partial charge in [0.2, 0.25) is 0 Å². The fourth-order valence-corrected chi connectivity index (χ4v) is 1.76. The molecule has 94 valence electrons. The summed E-state index contributed by atoms with van der Waals surface area (Å²) in [6.45, 7) is 2.12. The number of aromatic nitrogens is 2. The molecule has 1 aromatic heterocycles. The lowest BCUT2D eigenvalue weighted by Gasteiger charge is -2.10. The van der Waals surface area contributed by atoms with Gasteiger partial charge in [-0.05, 0) is 30.2 Å². The molecule has 1 aromatic carbocycles. The normalized spacial score (nSPS) is 10.2. The average molecular weight is 244 g/mol. The number of hydrogen-bond donors (Lipinski definition) is 0. The SMILES string of the molecule is CCc1ccc(OC)c(-c2ccnc(OC)n2)c1. The van der Waals surface area contributed by atoms with Gasteiger partial charge in [0.15, 0.2) is 0 Å². The van der Waals surface area contributed by atoms with E-state index in [9.17, 15) is 0 Å². The largest absolute Gasteiger partial charge is 0.496 e. The van der Waals surface area contributed by atoms with E-state index in [2.05, 4.69) is 29.0 Å². The first-order valence-electron chi connectivity index (χ1n) is 5.82. The highest BCUT2D eigenvalue weighted by atomic mass is 16.5. The van der Waals surface area contributed by atoms with E-state index in [4.69, 9.17) is 9.47 Å². The zero-order valence-electron chi connectivity index (χ0n) is 10.8. The molecule has 0 saturated heterocycles. The number of benzene rings is 1. The maximum atomic E-state index is 5.37. The van der Waals surface area contributed by atoms with Crippen LogP contribution >= 0.6 is 0 Å². The third kappa shape index (κ3) is 2.42. The minimum Gasteiger partial charge on any atom is -0.496 e. The van der Waals surface area contributed by atoms with E-state index in [1.165, 1.54) is 5.56 Å². The Bertz CT molecular complexity index is 541. The van der Waals surface area contributed by atoms with Gasteiger partial charge in [0.05, 0.1) is 19.9 Å². The van der Waals surface area contributed by atoms with Crippen LogP contribution in [0.1, 0.15) is 12.5 Å². The molecule has 2 rings (SSSR count). The summed E-state index contributed by atoms with van der Waals surface area (Å²) >= 11 is 0. The molecule has 0 saturated carbocycles. The number of aryl methyl sites for hydroxylation is 1. The van der Waals surface area contributed by atoms with Crippen LogP contribution in [-0.2, 0) is 6.42 Å². The summed E-state index contributed by atoms with van der Waals surface area (Å²) in [5, 5.41) is 0. The van der Waals surface area contributed by atoms with Crippen molar-refractivity contribution in [3.63, 3.8) is 0 Å². The van der Waals surface area contributed by atoms with Gasteiger partial charge in [0, 0.05) is 11.8 Å². The average Bonchev–Trinajstić information content (AvgIpc) is 2.46. The molecular weight excluding hydrogens is 228 g/mol. The van der Waals surface area contributed by atoms with Crippen LogP contribution in [0.2, 0.25) is 0 Å². The van der Waals surface area contributed by atoms with Crippen molar-refractivity contribution in [3.05, 3.63) is 36.0 Å². The zero-order valence-corrected chi connectivity index (χ0v) is 10.8. The summed E-state index contributed by atoms with van der Waals surface area (Å²) in [6.07, 6.45) is 2.65. The van der Waals surface area contributed by atoms with E-state index in [1.54, 1.807) is 20.4 Å². The first-order chi connectivity index (χ1) is 8.78. The number of methoxy groups -OCH3 is 2. The Kier molecular flexibility index (Phi) is 3.77. The second-order valence-corrected chi connectivity index (χ2v) is 3.82. The maximum absolute atomic E-state index is 5.37. The van der Waals surface area contributed by atoms with Crippen LogP contribution in [0.15, 0.2) is 30.5 Å². The molecular formula is C14H16N2O2. The molecule has 4 nitrogen and oxygen atoms in total. The van der Waals surface area contributed by atoms with Crippen molar-refractivity contribution in [2.45, 2.75) is 13.3 Å². The van der Waals surface area contributed by atoms with E-state index in [0.29, 0.717) is 6.01 Å². The molecule has 1 heterocycles. The first-order valence-corrected chi connectivity index (χ1v) is 5.82. The van der Waals surface area contributed by atoms with Gasteiger partial charge in [-0.25, -0.2) is 4.98 Å². The summed E-state index contributed by atoms with van der Waals surface area (Å²) in [5.41, 5.74) is 3.00. The molecule has 2 aromatic rings. The molecule has 0 atom stereocenters. The third-order valence-corrected chi connectivity index (χ3v) is 2.76. The summed E-state index contributed by atoms with van der Waals surface area (Å²) in [4.78, 5) is 8.34. The topological polar surface area (TPSA) is 44.2 Å². The summed E-state index contributed by atoms with van der Waals surface area (Å²) in [6, 6.07) is 8.31. The van der Waals surface area contributed by atoms with Crippen molar-refractivity contribution in [3.8, 4) is 23.0 Å². The van der Waals surface area contributed by atoms with Gasteiger partial charge in [-0.15, -0.1) is 0 Å². The van der Waals surface area contributed by atoms with Crippen LogP contribution < -0.4 is 9.47 Å². The fourth-order valence-electron chi connectivity index (χ4n) is 1.76. The Labute approximate surface area is 107 Å². The highest BCUT2D eigenvalue weighted by Gasteiger charge is 2.09. The molecule has 0 aliphatic rings. The van der Waals surface area contributed by atoms with Crippen molar-refractivity contribution in [1.82, 2.24) is 9.97 Å². The van der Waals surface area contributed by atoms with E-state index in [0.717, 1.165) is 23.4 Å². The number of ether oxygens (including phenoxy) is 2. The van der Waals surface area contributed by atoms with Crippen LogP contribution in [-0.4, -0.2) is 24.2 Å². The van der Waals surface area contributed by atoms with Gasteiger partial charge in [-0.3, -0.25) is 0 Å². The van der Waals surface area contributed by atoms with Gasteiger partial charge in [-0.2, -0.15) is 4.98 Å². The Hall–Kier alpha value is -2.10. The number of nitrogens with zero attached hydrogens (tertiary/aromatic N) is 2. The molecule has 0 unspecified atom stereocenters. The molecule has 0 fully saturated rings. The molecule has 0 aliphatic carbocycles. The fraction of sp³-hybridized carbons (Fsp3) is 0.286. The lowest BCUT2D eigenvalue weighted by atomic mass is 10.1. The Balaban J connectivity index is 2.53. The van der Waals surface area contributed by atoms with E-state index >= 15 is 0 Å². The smallest absolute Gasteiger partial charge is 0.316 e. The summed E-state index contributed by atoms with van der Waals surface area (Å²) < 4.78 is 10.4. The molecule has 0 N–H and O–H groups in total. The van der Waals surface area contributed by atoms with E-state index in [-0.39, 0.29) is 0 Å². The van der Waals surface area contributed by atoms with Gasteiger partial charge in [-0.1, -0.05) is 13.0 Å². The van der Waals surface area contributed by atoms with E-state index in [1.807, 2.05) is 12.1 Å². The second-order valence-electron chi connectivity index (χ2n) is 3.82. The molecule has 4 heteroatoms. The molecule has 0 amide bonds. The maximum Gasteiger partial charge on any atom is 0.316 e. The van der Waals surface area contributed by atoms with Crippen molar-refractivity contribution >= 4 is 0 Å². The van der Waals surface area contributed by atoms with Crippen LogP contribution in [0, 0.1) is 0 Å². The zero-order chi connectivity index (χ0) is 13.0. The molecule has 18 heavy (non-hydrogen) atoms. The Morgan fingerprint density at radius 2 is 1.94 bits per heavy atom. The van der Waals surface area contributed by atoms with Gasteiger partial charge < -0.3 is 9.47 Å². The number of hydrogen-bond acceptors (Lipinski definition) is 4. The third-order valence-electron chi connectivity index (χ3n) is 2.76. The highest BCUT2D eigenvalue weighted by molar-refractivity contribution is 5.68. The van der Waals surface area contributed by atoms with E-state index < -0.39 is 0 Å². The minimum absolute atomic E-state index is 0.358. The van der Waals surface area contributed by atoms with Gasteiger partial charge in [0.1, 0.15) is 5.75 Å². The van der Waals surface area contributed by atoms with Crippen molar-refractivity contribution < 1.29 is 9.47 Å². The second kappa shape index (κ2) is 5.49. The standard InChI is InChI=1S/C14H16N2O2/c1-4-10-5-6-13(17-2)11(9-10)12-7-8-15-14(16-12)18-3/h5-9H,4H2,1-3H3. The molecule has 0 radical (unpaired) electrons. The van der Waals surface area contributed by atoms with Crippen LogP contribution in [0.5, 0.6) is 11.8 Å². The lowest BCUT2D eigenvalue weighted by Crippen LogP contribution is -1.96. The van der Waals surface area contributed by atoms with Crippen LogP contribution in [0.3, 0.4) is 0 Å². The number of rotatable bonds is 4. The molecule has 0 aliphatic heterocycles. The Morgan fingerprint density at radius 3 is 2.61 bits per heavy atom. The van der Waals surface area contributed by atoms with Crippen LogP contribution in [0.25, 0.3) is 11.3 Å². The predicted molar refractivity (Wildman–Crippen MR) is 70.0 cm³/mol. The van der Waals surface area contributed by atoms with Gasteiger partial charge >= 0.3 is 6.01 Å². The predicted octanol–water partition coefficient (Wildman–Crippen LogP) is 2.72.